The fourth-order valence-electron chi connectivity index (χ4n) is 2.06. The zero-order chi connectivity index (χ0) is 14.8. The highest BCUT2D eigenvalue weighted by atomic mass is 16.4. The summed E-state index contributed by atoms with van der Waals surface area (Å²) in [5.74, 6) is -0.440. The average Bonchev–Trinajstić information content (AvgIpc) is 2.81. The van der Waals surface area contributed by atoms with E-state index in [2.05, 4.69) is 15.2 Å². The Morgan fingerprint density at radius 3 is 2.71 bits per heavy atom. The number of pyridine rings is 1. The predicted octanol–water partition coefficient (Wildman–Crippen LogP) is 3.76. The summed E-state index contributed by atoms with van der Waals surface area (Å²) in [5.41, 5.74) is 1.94. The van der Waals surface area contributed by atoms with E-state index >= 15 is 0 Å². The monoisotopic (exact) mass is 280 g/mol. The standard InChI is InChI=1S/C15H12N4O2/c1-10-14(19-9-5-4-8-13(19)16-10)18-17-12-7-3-2-6-11(12)15(20)21/h2-9H,1H3,(H,20,21). The summed E-state index contributed by atoms with van der Waals surface area (Å²) < 4.78 is 1.81. The molecule has 0 amide bonds. The summed E-state index contributed by atoms with van der Waals surface area (Å²) >= 11 is 0. The molecule has 0 radical (unpaired) electrons. The van der Waals surface area contributed by atoms with Crippen molar-refractivity contribution in [2.24, 2.45) is 10.2 Å². The summed E-state index contributed by atoms with van der Waals surface area (Å²) in [4.78, 5) is 15.5. The average molecular weight is 280 g/mol. The molecule has 0 spiro atoms. The summed E-state index contributed by atoms with van der Waals surface area (Å²) in [5, 5.41) is 17.4. The van der Waals surface area contributed by atoms with Crippen molar-refractivity contribution in [3.8, 4) is 0 Å². The number of carbonyl (C=O) groups is 1. The second-order valence-electron chi connectivity index (χ2n) is 4.47. The van der Waals surface area contributed by atoms with Gasteiger partial charge in [-0.3, -0.25) is 4.40 Å². The molecule has 3 aromatic rings. The van der Waals surface area contributed by atoms with Crippen molar-refractivity contribution in [3.05, 3.63) is 59.9 Å². The Balaban J connectivity index is 2.07. The lowest BCUT2D eigenvalue weighted by atomic mass is 10.2. The van der Waals surface area contributed by atoms with Crippen LogP contribution in [0.25, 0.3) is 5.65 Å². The highest BCUT2D eigenvalue weighted by Gasteiger charge is 2.10. The molecular weight excluding hydrogens is 268 g/mol. The summed E-state index contributed by atoms with van der Waals surface area (Å²) in [6.07, 6.45) is 1.84. The first-order valence-electron chi connectivity index (χ1n) is 6.34. The van der Waals surface area contributed by atoms with Gasteiger partial charge in [0.25, 0.3) is 0 Å². The molecule has 2 aromatic heterocycles. The summed E-state index contributed by atoms with van der Waals surface area (Å²) in [6, 6.07) is 12.1. The van der Waals surface area contributed by atoms with Gasteiger partial charge in [-0.25, -0.2) is 9.78 Å². The van der Waals surface area contributed by atoms with Crippen LogP contribution in [-0.2, 0) is 0 Å². The van der Waals surface area contributed by atoms with Crippen LogP contribution in [0, 0.1) is 6.92 Å². The van der Waals surface area contributed by atoms with Gasteiger partial charge in [-0.2, -0.15) is 0 Å². The van der Waals surface area contributed by atoms with Gasteiger partial charge in [-0.1, -0.05) is 18.2 Å². The molecule has 2 heterocycles. The molecule has 3 rings (SSSR count). The Labute approximate surface area is 120 Å². The van der Waals surface area contributed by atoms with Crippen molar-refractivity contribution in [2.45, 2.75) is 6.92 Å². The quantitative estimate of drug-likeness (QED) is 0.742. The van der Waals surface area contributed by atoms with E-state index in [0.717, 1.165) is 11.3 Å². The third-order valence-electron chi connectivity index (χ3n) is 3.06. The maximum atomic E-state index is 11.1. The van der Waals surface area contributed by atoms with Crippen LogP contribution in [0.4, 0.5) is 11.5 Å². The molecule has 6 heteroatoms. The molecule has 0 saturated carbocycles. The normalized spacial score (nSPS) is 11.3. The fourth-order valence-corrected chi connectivity index (χ4v) is 2.06. The lowest BCUT2D eigenvalue weighted by Crippen LogP contribution is -1.95. The number of carboxylic acid groups (broad SMARTS) is 1. The Morgan fingerprint density at radius 1 is 1.14 bits per heavy atom. The van der Waals surface area contributed by atoms with Crippen molar-refractivity contribution >= 4 is 23.1 Å². The Morgan fingerprint density at radius 2 is 1.90 bits per heavy atom. The molecule has 0 unspecified atom stereocenters. The molecule has 0 aliphatic rings. The van der Waals surface area contributed by atoms with Crippen LogP contribution in [0.5, 0.6) is 0 Å². The first-order chi connectivity index (χ1) is 10.2. The van der Waals surface area contributed by atoms with Crippen LogP contribution in [0.1, 0.15) is 16.1 Å². The highest BCUT2D eigenvalue weighted by molar-refractivity contribution is 5.93. The number of fused-ring (bicyclic) bond motifs is 1. The van der Waals surface area contributed by atoms with Crippen LogP contribution in [-0.4, -0.2) is 20.5 Å². The third kappa shape index (κ3) is 2.38. The number of hydrogen-bond acceptors (Lipinski definition) is 4. The number of benzene rings is 1. The van der Waals surface area contributed by atoms with Crippen LogP contribution in [0.15, 0.2) is 58.9 Å². The molecule has 0 aliphatic carbocycles. The summed E-state index contributed by atoms with van der Waals surface area (Å²) in [6.45, 7) is 1.84. The van der Waals surface area contributed by atoms with Crippen LogP contribution in [0.3, 0.4) is 0 Å². The van der Waals surface area contributed by atoms with E-state index in [0.29, 0.717) is 11.5 Å². The minimum Gasteiger partial charge on any atom is -0.478 e. The van der Waals surface area contributed by atoms with Crippen LogP contribution < -0.4 is 0 Å². The number of aryl methyl sites for hydroxylation is 1. The molecular formula is C15H12N4O2. The van der Waals surface area contributed by atoms with Crippen molar-refractivity contribution < 1.29 is 9.90 Å². The molecule has 6 nitrogen and oxygen atoms in total. The highest BCUT2D eigenvalue weighted by Crippen LogP contribution is 2.25. The number of azo groups is 1. The van der Waals surface area contributed by atoms with Gasteiger partial charge in [-0.05, 0) is 31.2 Å². The SMILES string of the molecule is Cc1nc2ccccn2c1N=Nc1ccccc1C(=O)O. The lowest BCUT2D eigenvalue weighted by Gasteiger charge is -1.99. The van der Waals surface area contributed by atoms with E-state index in [1.54, 1.807) is 18.2 Å². The van der Waals surface area contributed by atoms with Crippen molar-refractivity contribution in [2.75, 3.05) is 0 Å². The van der Waals surface area contributed by atoms with E-state index < -0.39 is 5.97 Å². The number of aromatic carboxylic acids is 1. The van der Waals surface area contributed by atoms with Crippen molar-refractivity contribution in [1.82, 2.24) is 9.38 Å². The number of aromatic nitrogens is 2. The number of rotatable bonds is 3. The minimum absolute atomic E-state index is 0.118. The van der Waals surface area contributed by atoms with Gasteiger partial charge in [0.05, 0.1) is 11.3 Å². The smallest absolute Gasteiger partial charge is 0.337 e. The van der Waals surface area contributed by atoms with Gasteiger partial charge in [0.2, 0.25) is 0 Å². The fraction of sp³-hybridized carbons (Fsp3) is 0.0667. The molecule has 0 fully saturated rings. The predicted molar refractivity (Wildman–Crippen MR) is 77.5 cm³/mol. The molecule has 1 N–H and O–H groups in total. The zero-order valence-electron chi connectivity index (χ0n) is 11.3. The zero-order valence-corrected chi connectivity index (χ0v) is 11.3. The lowest BCUT2D eigenvalue weighted by molar-refractivity contribution is 0.0698. The summed E-state index contributed by atoms with van der Waals surface area (Å²) in [7, 11) is 0. The maximum Gasteiger partial charge on any atom is 0.337 e. The second-order valence-corrected chi connectivity index (χ2v) is 4.47. The van der Waals surface area contributed by atoms with Crippen molar-refractivity contribution in [3.63, 3.8) is 0 Å². The van der Waals surface area contributed by atoms with Gasteiger partial charge in [-0.15, -0.1) is 10.2 Å². The molecule has 0 atom stereocenters. The maximum absolute atomic E-state index is 11.1. The van der Waals surface area contributed by atoms with Gasteiger partial charge >= 0.3 is 5.97 Å². The minimum atomic E-state index is -1.03. The van der Waals surface area contributed by atoms with Gasteiger partial charge in [0.15, 0.2) is 5.82 Å². The number of carboxylic acids is 1. The second kappa shape index (κ2) is 5.16. The van der Waals surface area contributed by atoms with E-state index in [1.807, 2.05) is 35.7 Å². The molecule has 0 saturated heterocycles. The van der Waals surface area contributed by atoms with E-state index in [4.69, 9.17) is 5.11 Å². The van der Waals surface area contributed by atoms with Crippen molar-refractivity contribution in [1.29, 1.82) is 0 Å². The van der Waals surface area contributed by atoms with Crippen LogP contribution in [0.2, 0.25) is 0 Å². The topological polar surface area (TPSA) is 79.3 Å². The van der Waals surface area contributed by atoms with Gasteiger partial charge in [0, 0.05) is 6.20 Å². The Hall–Kier alpha value is -3.02. The van der Waals surface area contributed by atoms with Gasteiger partial charge in [0.1, 0.15) is 11.3 Å². The third-order valence-corrected chi connectivity index (χ3v) is 3.06. The molecule has 0 aliphatic heterocycles. The van der Waals surface area contributed by atoms with E-state index in [9.17, 15) is 4.79 Å². The number of imidazole rings is 1. The molecule has 1 aromatic carbocycles. The number of hydrogen-bond donors (Lipinski definition) is 1. The molecule has 21 heavy (non-hydrogen) atoms. The number of nitrogens with zero attached hydrogens (tertiary/aromatic N) is 4. The molecule has 0 bridgehead atoms. The Bertz CT molecular complexity index is 852. The first kappa shape index (κ1) is 13.0. The first-order valence-corrected chi connectivity index (χ1v) is 6.34. The van der Waals surface area contributed by atoms with Gasteiger partial charge < -0.3 is 5.11 Å². The molecule has 104 valence electrons. The van der Waals surface area contributed by atoms with Crippen LogP contribution >= 0.6 is 0 Å². The Kier molecular flexibility index (Phi) is 3.19. The van der Waals surface area contributed by atoms with E-state index in [1.165, 1.54) is 6.07 Å². The van der Waals surface area contributed by atoms with E-state index in [-0.39, 0.29) is 5.56 Å². The largest absolute Gasteiger partial charge is 0.478 e.